The van der Waals surface area contributed by atoms with Gasteiger partial charge in [-0.3, -0.25) is 4.99 Å². The van der Waals surface area contributed by atoms with E-state index in [9.17, 15) is 10.2 Å². The monoisotopic (exact) mass is 297 g/mol. The van der Waals surface area contributed by atoms with Crippen LogP contribution in [0.25, 0.3) is 10.1 Å². The molecule has 1 aromatic heterocycles. The van der Waals surface area contributed by atoms with Crippen LogP contribution in [0.2, 0.25) is 0 Å². The highest BCUT2D eigenvalue weighted by molar-refractivity contribution is 7.19. The maximum absolute atomic E-state index is 10.2. The van der Waals surface area contributed by atoms with Crippen molar-refractivity contribution >= 4 is 27.6 Å². The molecule has 4 heteroatoms. The van der Waals surface area contributed by atoms with Gasteiger partial charge >= 0.3 is 0 Å². The molecular weight excluding hydrogens is 282 g/mol. The second kappa shape index (κ2) is 6.08. The Morgan fingerprint density at radius 2 is 1.86 bits per heavy atom. The summed E-state index contributed by atoms with van der Waals surface area (Å²) in [6.07, 6.45) is 0.968. The Bertz CT molecular complexity index is 746. The van der Waals surface area contributed by atoms with E-state index in [0.717, 1.165) is 15.0 Å². The highest BCUT2D eigenvalue weighted by Crippen LogP contribution is 2.29. The lowest BCUT2D eigenvalue weighted by Gasteiger charge is -2.04. The van der Waals surface area contributed by atoms with E-state index in [2.05, 4.69) is 4.99 Å². The van der Waals surface area contributed by atoms with E-state index in [1.54, 1.807) is 35.8 Å². The summed E-state index contributed by atoms with van der Waals surface area (Å²) in [4.78, 5) is 5.13. The smallest absolute Gasteiger partial charge is 0.124 e. The van der Waals surface area contributed by atoms with E-state index in [1.165, 1.54) is 0 Å². The number of phenols is 1. The SMILES string of the molecule is Oc1ccccc1C=NCC(O)c1cc2ccccc2s1. The number of aromatic hydroxyl groups is 1. The van der Waals surface area contributed by atoms with E-state index < -0.39 is 6.10 Å². The molecule has 3 aromatic rings. The number of thiophene rings is 1. The van der Waals surface area contributed by atoms with Crippen molar-refractivity contribution in [3.05, 3.63) is 65.0 Å². The van der Waals surface area contributed by atoms with Gasteiger partial charge in [0.05, 0.1) is 6.54 Å². The lowest BCUT2D eigenvalue weighted by Crippen LogP contribution is -1.99. The molecule has 0 amide bonds. The molecule has 3 rings (SSSR count). The van der Waals surface area contributed by atoms with Gasteiger partial charge in [-0.05, 0) is 29.7 Å². The number of rotatable bonds is 4. The first-order chi connectivity index (χ1) is 10.2. The minimum absolute atomic E-state index is 0.192. The molecular formula is C17H15NO2S. The molecule has 0 aliphatic heterocycles. The largest absolute Gasteiger partial charge is 0.507 e. The molecule has 0 radical (unpaired) electrons. The summed E-state index contributed by atoms with van der Waals surface area (Å²) in [7, 11) is 0. The van der Waals surface area contributed by atoms with Gasteiger partial charge in [-0.1, -0.05) is 30.3 Å². The first-order valence-corrected chi connectivity index (χ1v) is 7.50. The predicted molar refractivity (Wildman–Crippen MR) is 87.4 cm³/mol. The molecule has 21 heavy (non-hydrogen) atoms. The maximum Gasteiger partial charge on any atom is 0.124 e. The van der Waals surface area contributed by atoms with Crippen molar-refractivity contribution in [2.24, 2.45) is 4.99 Å². The fraction of sp³-hybridized carbons (Fsp3) is 0.118. The summed E-state index contributed by atoms with van der Waals surface area (Å²) in [5.74, 6) is 0.192. The van der Waals surface area contributed by atoms with E-state index in [4.69, 9.17) is 0 Å². The number of phenolic OH excluding ortho intramolecular Hbond substituents is 1. The highest BCUT2D eigenvalue weighted by Gasteiger charge is 2.10. The van der Waals surface area contributed by atoms with Crippen molar-refractivity contribution in [3.8, 4) is 5.75 Å². The second-order valence-corrected chi connectivity index (χ2v) is 5.87. The third kappa shape index (κ3) is 3.12. The second-order valence-electron chi connectivity index (χ2n) is 4.76. The Kier molecular flexibility index (Phi) is 3.99. The molecule has 0 spiro atoms. The third-order valence-corrected chi connectivity index (χ3v) is 4.44. The number of aliphatic hydroxyl groups is 1. The summed E-state index contributed by atoms with van der Waals surface area (Å²) in [6.45, 7) is 0.279. The first kappa shape index (κ1) is 13.8. The van der Waals surface area contributed by atoms with E-state index in [-0.39, 0.29) is 12.3 Å². The van der Waals surface area contributed by atoms with Crippen molar-refractivity contribution in [2.45, 2.75) is 6.10 Å². The van der Waals surface area contributed by atoms with Crippen molar-refractivity contribution in [1.29, 1.82) is 0 Å². The van der Waals surface area contributed by atoms with Crippen molar-refractivity contribution < 1.29 is 10.2 Å². The van der Waals surface area contributed by atoms with Crippen LogP contribution >= 0.6 is 11.3 Å². The fourth-order valence-corrected chi connectivity index (χ4v) is 3.15. The minimum atomic E-state index is -0.621. The number of hydrogen-bond acceptors (Lipinski definition) is 4. The van der Waals surface area contributed by atoms with Gasteiger partial charge < -0.3 is 10.2 Å². The number of fused-ring (bicyclic) bond motifs is 1. The molecule has 2 N–H and O–H groups in total. The van der Waals surface area contributed by atoms with Crippen molar-refractivity contribution in [2.75, 3.05) is 6.54 Å². The van der Waals surface area contributed by atoms with Gasteiger partial charge in [-0.15, -0.1) is 11.3 Å². The fourth-order valence-electron chi connectivity index (χ4n) is 2.10. The summed E-state index contributed by atoms with van der Waals surface area (Å²) in [5.41, 5.74) is 0.654. The Morgan fingerprint density at radius 1 is 1.10 bits per heavy atom. The first-order valence-electron chi connectivity index (χ1n) is 6.68. The number of para-hydroxylation sites is 1. The van der Waals surface area contributed by atoms with Crippen LogP contribution < -0.4 is 0 Å². The van der Waals surface area contributed by atoms with E-state index in [0.29, 0.717) is 5.56 Å². The normalized spacial score (nSPS) is 13.0. The van der Waals surface area contributed by atoms with E-state index >= 15 is 0 Å². The average Bonchev–Trinajstić information content (AvgIpc) is 2.93. The molecule has 1 atom stereocenters. The lowest BCUT2D eigenvalue weighted by molar-refractivity contribution is 0.191. The van der Waals surface area contributed by atoms with Crippen LogP contribution in [0.5, 0.6) is 5.75 Å². The van der Waals surface area contributed by atoms with Crippen molar-refractivity contribution in [1.82, 2.24) is 0 Å². The van der Waals surface area contributed by atoms with Gasteiger partial charge in [0.2, 0.25) is 0 Å². The van der Waals surface area contributed by atoms with Gasteiger partial charge in [0.15, 0.2) is 0 Å². The predicted octanol–water partition coefficient (Wildman–Crippen LogP) is 3.76. The van der Waals surface area contributed by atoms with Crippen LogP contribution in [0, 0.1) is 0 Å². The molecule has 0 aliphatic carbocycles. The van der Waals surface area contributed by atoms with Crippen LogP contribution in [0.3, 0.4) is 0 Å². The van der Waals surface area contributed by atoms with Gasteiger partial charge in [0.1, 0.15) is 11.9 Å². The Labute approximate surface area is 126 Å². The van der Waals surface area contributed by atoms with Crippen LogP contribution in [-0.2, 0) is 0 Å². The summed E-state index contributed by atoms with van der Waals surface area (Å²) < 4.78 is 1.16. The average molecular weight is 297 g/mol. The highest BCUT2D eigenvalue weighted by atomic mass is 32.1. The molecule has 0 saturated heterocycles. The summed E-state index contributed by atoms with van der Waals surface area (Å²) in [6, 6.07) is 17.1. The molecule has 0 fully saturated rings. The van der Waals surface area contributed by atoms with Crippen LogP contribution in [0.15, 0.2) is 59.6 Å². The van der Waals surface area contributed by atoms with Crippen LogP contribution in [-0.4, -0.2) is 23.0 Å². The molecule has 1 unspecified atom stereocenters. The van der Waals surface area contributed by atoms with E-state index in [1.807, 2.05) is 36.4 Å². The lowest BCUT2D eigenvalue weighted by atomic mass is 10.2. The van der Waals surface area contributed by atoms with Crippen LogP contribution in [0.4, 0.5) is 0 Å². The zero-order valence-electron chi connectivity index (χ0n) is 11.3. The van der Waals surface area contributed by atoms with Gasteiger partial charge in [0, 0.05) is 21.4 Å². The van der Waals surface area contributed by atoms with Gasteiger partial charge in [-0.2, -0.15) is 0 Å². The maximum atomic E-state index is 10.2. The minimum Gasteiger partial charge on any atom is -0.507 e. The zero-order chi connectivity index (χ0) is 14.7. The molecule has 0 bridgehead atoms. The standard InChI is InChI=1S/C17H15NO2S/c19-14-7-3-1-6-13(14)10-18-11-15(20)17-9-12-5-2-4-8-16(12)21-17/h1-10,15,19-20H,11H2. The molecule has 106 valence electrons. The quantitative estimate of drug-likeness (QED) is 0.720. The van der Waals surface area contributed by atoms with Gasteiger partial charge in [0.25, 0.3) is 0 Å². The number of aliphatic imine (C=N–C) groups is 1. The summed E-state index contributed by atoms with van der Waals surface area (Å²) >= 11 is 1.58. The Balaban J connectivity index is 1.71. The molecule has 0 saturated carbocycles. The number of aliphatic hydroxyl groups excluding tert-OH is 1. The Hall–Kier alpha value is -2.17. The molecule has 2 aromatic carbocycles. The zero-order valence-corrected chi connectivity index (χ0v) is 12.1. The van der Waals surface area contributed by atoms with Crippen molar-refractivity contribution in [3.63, 3.8) is 0 Å². The molecule has 0 aliphatic rings. The van der Waals surface area contributed by atoms with Crippen LogP contribution in [0.1, 0.15) is 16.5 Å². The molecule has 3 nitrogen and oxygen atoms in total. The third-order valence-electron chi connectivity index (χ3n) is 3.22. The number of hydrogen-bond donors (Lipinski definition) is 2. The topological polar surface area (TPSA) is 52.8 Å². The Morgan fingerprint density at radius 3 is 2.67 bits per heavy atom. The van der Waals surface area contributed by atoms with Gasteiger partial charge in [-0.25, -0.2) is 0 Å². The number of nitrogens with zero attached hydrogens (tertiary/aromatic N) is 1. The summed E-state index contributed by atoms with van der Waals surface area (Å²) in [5, 5.41) is 21.0. The molecule has 1 heterocycles. The number of benzene rings is 2.